The number of thiophene rings is 1. The number of nitrogen functional groups attached to an aromatic ring is 1. The second kappa shape index (κ2) is 6.68. The van der Waals surface area contributed by atoms with Crippen LogP contribution in [0.4, 0.5) is 5.82 Å². The van der Waals surface area contributed by atoms with Gasteiger partial charge in [-0.3, -0.25) is 4.79 Å². The van der Waals surface area contributed by atoms with E-state index in [1.807, 2.05) is 13.8 Å². The van der Waals surface area contributed by atoms with Crippen molar-refractivity contribution >= 4 is 44.1 Å². The Kier molecular flexibility index (Phi) is 4.31. The molecule has 142 valence electrons. The van der Waals surface area contributed by atoms with Crippen molar-refractivity contribution in [3.8, 4) is 0 Å². The molecule has 1 aromatic carbocycles. The summed E-state index contributed by atoms with van der Waals surface area (Å²) < 4.78 is 6.49. The van der Waals surface area contributed by atoms with Crippen LogP contribution in [0.5, 0.6) is 0 Å². The van der Waals surface area contributed by atoms with Gasteiger partial charge in [-0.2, -0.15) is 5.10 Å². The number of anilines is 1. The maximum Gasteiger partial charge on any atom is 0.359 e. The van der Waals surface area contributed by atoms with Crippen LogP contribution in [0.2, 0.25) is 0 Å². The Labute approximate surface area is 163 Å². The third-order valence-corrected chi connectivity index (χ3v) is 5.69. The molecule has 4 aromatic rings. The van der Waals surface area contributed by atoms with E-state index in [4.69, 9.17) is 10.5 Å². The van der Waals surface area contributed by atoms with E-state index in [0.29, 0.717) is 22.4 Å². The van der Waals surface area contributed by atoms with Crippen LogP contribution >= 0.6 is 11.3 Å². The Bertz CT molecular complexity index is 1310. The molecule has 0 aliphatic heterocycles. The van der Waals surface area contributed by atoms with E-state index in [1.165, 1.54) is 18.4 Å². The first-order chi connectivity index (χ1) is 13.4. The second-order valence-electron chi connectivity index (χ2n) is 6.39. The van der Waals surface area contributed by atoms with Crippen molar-refractivity contribution < 1.29 is 9.53 Å². The third kappa shape index (κ3) is 2.89. The fraction of sp³-hybridized carbons (Fsp3) is 0.211. The first-order valence-corrected chi connectivity index (χ1v) is 9.33. The third-order valence-electron chi connectivity index (χ3n) is 4.59. The van der Waals surface area contributed by atoms with Crippen LogP contribution < -0.4 is 11.3 Å². The van der Waals surface area contributed by atoms with Crippen LogP contribution in [0.25, 0.3) is 21.0 Å². The second-order valence-corrected chi connectivity index (χ2v) is 7.59. The molecule has 0 amide bonds. The molecule has 9 heteroatoms. The van der Waals surface area contributed by atoms with Gasteiger partial charge in [0.2, 0.25) is 0 Å². The molecule has 0 atom stereocenters. The lowest BCUT2D eigenvalue weighted by molar-refractivity contribution is 0.0455. The Hall–Kier alpha value is -3.33. The normalized spacial score (nSPS) is 11.2. The number of carbonyl (C=O) groups is 1. The molecule has 0 spiro atoms. The van der Waals surface area contributed by atoms with E-state index in [-0.39, 0.29) is 17.9 Å². The van der Waals surface area contributed by atoms with E-state index >= 15 is 0 Å². The lowest BCUT2D eigenvalue weighted by atomic mass is 10.1. The number of rotatable bonds is 3. The number of nitrogens with two attached hydrogens (primary N) is 1. The number of ether oxygens (including phenoxy) is 1. The summed E-state index contributed by atoms with van der Waals surface area (Å²) in [7, 11) is 1.49. The predicted octanol–water partition coefficient (Wildman–Crippen LogP) is 2.49. The van der Waals surface area contributed by atoms with Gasteiger partial charge in [0.05, 0.1) is 10.8 Å². The number of aromatic nitrogens is 4. The summed E-state index contributed by atoms with van der Waals surface area (Å²) in [6, 6.07) is 6.78. The first-order valence-electron chi connectivity index (χ1n) is 8.52. The monoisotopic (exact) mass is 395 g/mol. The topological polar surface area (TPSA) is 113 Å². The lowest BCUT2D eigenvalue weighted by Gasteiger charge is -2.08. The zero-order valence-corrected chi connectivity index (χ0v) is 16.3. The molecular weight excluding hydrogens is 378 g/mol. The fourth-order valence-electron chi connectivity index (χ4n) is 3.04. The summed E-state index contributed by atoms with van der Waals surface area (Å²) in [6.07, 6.45) is 0. The van der Waals surface area contributed by atoms with Crippen molar-refractivity contribution in [1.29, 1.82) is 0 Å². The van der Waals surface area contributed by atoms with Crippen molar-refractivity contribution in [2.75, 3.05) is 5.73 Å². The van der Waals surface area contributed by atoms with Gasteiger partial charge in [0.25, 0.3) is 5.56 Å². The van der Waals surface area contributed by atoms with Gasteiger partial charge in [-0.15, -0.1) is 11.3 Å². The van der Waals surface area contributed by atoms with Crippen LogP contribution in [-0.2, 0) is 18.4 Å². The van der Waals surface area contributed by atoms with E-state index in [9.17, 15) is 9.59 Å². The highest BCUT2D eigenvalue weighted by atomic mass is 32.1. The van der Waals surface area contributed by atoms with Crippen LogP contribution in [-0.4, -0.2) is 25.7 Å². The van der Waals surface area contributed by atoms with Gasteiger partial charge in [-0.1, -0.05) is 18.2 Å². The van der Waals surface area contributed by atoms with E-state index in [1.54, 1.807) is 24.3 Å². The van der Waals surface area contributed by atoms with Gasteiger partial charge < -0.3 is 10.5 Å². The minimum Gasteiger partial charge on any atom is -0.453 e. The van der Waals surface area contributed by atoms with Crippen LogP contribution in [0.3, 0.4) is 0 Å². The largest absolute Gasteiger partial charge is 0.453 e. The number of esters is 1. The molecule has 0 saturated carbocycles. The number of hydrogen-bond donors (Lipinski definition) is 1. The van der Waals surface area contributed by atoms with Gasteiger partial charge in [0, 0.05) is 17.3 Å². The Morgan fingerprint density at radius 1 is 1.21 bits per heavy atom. The van der Waals surface area contributed by atoms with Crippen molar-refractivity contribution in [3.63, 3.8) is 0 Å². The molecule has 2 N–H and O–H groups in total. The molecule has 3 aromatic heterocycles. The number of nitrogens with zero attached hydrogens (tertiary/aromatic N) is 4. The molecule has 0 aliphatic carbocycles. The molecule has 0 radical (unpaired) electrons. The minimum atomic E-state index is -0.660. The number of fused-ring (bicyclic) bond motifs is 2. The van der Waals surface area contributed by atoms with Crippen LogP contribution in [0, 0.1) is 13.8 Å². The number of aryl methyl sites for hydroxylation is 3. The van der Waals surface area contributed by atoms with E-state index in [0.717, 1.165) is 25.3 Å². The summed E-state index contributed by atoms with van der Waals surface area (Å²) in [5, 5.41) is 5.74. The summed E-state index contributed by atoms with van der Waals surface area (Å²) in [5.41, 5.74) is 6.91. The van der Waals surface area contributed by atoms with Crippen LogP contribution in [0.15, 0.2) is 29.1 Å². The van der Waals surface area contributed by atoms with E-state index < -0.39 is 5.97 Å². The molecule has 0 fully saturated rings. The first kappa shape index (κ1) is 18.1. The van der Waals surface area contributed by atoms with Gasteiger partial charge >= 0.3 is 5.97 Å². The molecule has 0 unspecified atom stereocenters. The summed E-state index contributed by atoms with van der Waals surface area (Å²) >= 11 is 1.52. The summed E-state index contributed by atoms with van der Waals surface area (Å²) in [6.45, 7) is 3.83. The Morgan fingerprint density at radius 3 is 2.68 bits per heavy atom. The smallest absolute Gasteiger partial charge is 0.359 e. The number of carbonyl (C=O) groups excluding carboxylic acids is 1. The molecule has 0 bridgehead atoms. The molecule has 0 saturated heterocycles. The average molecular weight is 395 g/mol. The highest BCUT2D eigenvalue weighted by Gasteiger charge is 2.18. The Morgan fingerprint density at radius 2 is 1.93 bits per heavy atom. The predicted molar refractivity (Wildman–Crippen MR) is 107 cm³/mol. The Balaban J connectivity index is 1.65. The van der Waals surface area contributed by atoms with Gasteiger partial charge in [0.1, 0.15) is 10.6 Å². The molecule has 0 aliphatic rings. The maximum absolute atomic E-state index is 12.6. The SMILES string of the molecule is Cc1sc2nc(COC(=O)c3nn(C)c(=O)c4ccccc34)nc(N)c2c1C. The standard InChI is InChI=1S/C19H17N5O3S/c1-9-10(2)28-17-14(9)16(20)21-13(22-17)8-27-19(26)15-11-6-4-5-7-12(11)18(25)24(3)23-15/h4-7H,8H2,1-3H3,(H2,20,21,22). The van der Waals surface area contributed by atoms with Crippen molar-refractivity contribution in [3.05, 3.63) is 56.6 Å². The highest BCUT2D eigenvalue weighted by molar-refractivity contribution is 7.18. The lowest BCUT2D eigenvalue weighted by Crippen LogP contribution is -2.24. The molecule has 3 heterocycles. The number of benzene rings is 1. The van der Waals surface area contributed by atoms with Gasteiger partial charge in [0.15, 0.2) is 18.1 Å². The molecule has 4 rings (SSSR count). The zero-order chi connectivity index (χ0) is 20.0. The van der Waals surface area contributed by atoms with Crippen molar-refractivity contribution in [1.82, 2.24) is 19.7 Å². The molecule has 28 heavy (non-hydrogen) atoms. The van der Waals surface area contributed by atoms with Crippen molar-refractivity contribution in [2.45, 2.75) is 20.5 Å². The summed E-state index contributed by atoms with van der Waals surface area (Å²) in [5.74, 6) is 0.0184. The molecule has 8 nitrogen and oxygen atoms in total. The maximum atomic E-state index is 12.6. The number of hydrogen-bond acceptors (Lipinski definition) is 8. The summed E-state index contributed by atoms with van der Waals surface area (Å²) in [4.78, 5) is 35.4. The minimum absolute atomic E-state index is 0.0644. The fourth-order valence-corrected chi connectivity index (χ4v) is 4.10. The van der Waals surface area contributed by atoms with Crippen LogP contribution in [0.1, 0.15) is 26.8 Å². The van der Waals surface area contributed by atoms with E-state index in [2.05, 4.69) is 15.1 Å². The van der Waals surface area contributed by atoms with Gasteiger partial charge in [-0.25, -0.2) is 19.4 Å². The quantitative estimate of drug-likeness (QED) is 0.530. The zero-order valence-electron chi connectivity index (χ0n) is 15.5. The average Bonchev–Trinajstić information content (AvgIpc) is 2.97. The van der Waals surface area contributed by atoms with Gasteiger partial charge in [-0.05, 0) is 25.5 Å². The molecular formula is C19H17N5O3S. The van der Waals surface area contributed by atoms with Crippen molar-refractivity contribution in [2.24, 2.45) is 7.05 Å². The highest BCUT2D eigenvalue weighted by Crippen LogP contribution is 2.31.